The third-order valence-corrected chi connectivity index (χ3v) is 2.75. The van der Waals surface area contributed by atoms with E-state index in [1.807, 2.05) is 0 Å². The lowest BCUT2D eigenvalue weighted by Crippen LogP contribution is -2.17. The first-order chi connectivity index (χ1) is 6.92. The van der Waals surface area contributed by atoms with Crippen molar-refractivity contribution in [2.24, 2.45) is 0 Å². The third kappa shape index (κ3) is 2.24. The van der Waals surface area contributed by atoms with E-state index in [0.717, 1.165) is 12.5 Å². The molecule has 1 N–H and O–H groups in total. The smallest absolute Gasteiger partial charge is 0.0146 e. The van der Waals surface area contributed by atoms with E-state index in [1.165, 1.54) is 12.0 Å². The maximum Gasteiger partial charge on any atom is 0.0146 e. The summed E-state index contributed by atoms with van der Waals surface area (Å²) in [6.07, 6.45) is 5.55. The molecule has 2 unspecified atom stereocenters. The molecular weight excluding hydrogens is 170 g/mol. The van der Waals surface area contributed by atoms with Crippen LogP contribution in [0.15, 0.2) is 42.5 Å². The van der Waals surface area contributed by atoms with Gasteiger partial charge in [0.25, 0.3) is 0 Å². The van der Waals surface area contributed by atoms with Gasteiger partial charge in [-0.2, -0.15) is 0 Å². The van der Waals surface area contributed by atoms with E-state index in [4.69, 9.17) is 0 Å². The predicted molar refractivity (Wildman–Crippen MR) is 60.4 cm³/mol. The molecule has 1 fully saturated rings. The zero-order valence-corrected chi connectivity index (χ0v) is 8.61. The van der Waals surface area contributed by atoms with Crippen LogP contribution in [0, 0.1) is 0 Å². The van der Waals surface area contributed by atoms with E-state index in [9.17, 15) is 0 Å². The van der Waals surface area contributed by atoms with Crippen molar-refractivity contribution < 1.29 is 0 Å². The van der Waals surface area contributed by atoms with E-state index in [-0.39, 0.29) is 0 Å². The Morgan fingerprint density at radius 3 is 2.86 bits per heavy atom. The first-order valence-corrected chi connectivity index (χ1v) is 5.31. The summed E-state index contributed by atoms with van der Waals surface area (Å²) in [5, 5.41) is 3.52. The first kappa shape index (κ1) is 9.47. The highest BCUT2D eigenvalue weighted by Crippen LogP contribution is 2.40. The summed E-state index contributed by atoms with van der Waals surface area (Å²) in [5.74, 6) is 0.751. The van der Waals surface area contributed by atoms with Crippen LogP contribution >= 0.6 is 0 Å². The second kappa shape index (κ2) is 4.43. The molecule has 2 rings (SSSR count). The van der Waals surface area contributed by atoms with Gasteiger partial charge in [-0.05, 0) is 18.9 Å². The van der Waals surface area contributed by atoms with Gasteiger partial charge in [-0.25, -0.2) is 0 Å². The van der Waals surface area contributed by atoms with E-state index >= 15 is 0 Å². The Labute approximate surface area is 85.8 Å². The quantitative estimate of drug-likeness (QED) is 0.715. The molecule has 74 valence electrons. The fourth-order valence-electron chi connectivity index (χ4n) is 1.83. The highest BCUT2D eigenvalue weighted by molar-refractivity contribution is 5.27. The highest BCUT2D eigenvalue weighted by atomic mass is 15.0. The zero-order chi connectivity index (χ0) is 9.80. The largest absolute Gasteiger partial charge is 0.310 e. The molecule has 0 bridgehead atoms. The Kier molecular flexibility index (Phi) is 3.00. The van der Waals surface area contributed by atoms with Crippen molar-refractivity contribution in [2.75, 3.05) is 6.54 Å². The lowest BCUT2D eigenvalue weighted by Gasteiger charge is -2.00. The monoisotopic (exact) mass is 187 g/mol. The number of nitrogens with one attached hydrogen (secondary N) is 1. The summed E-state index contributed by atoms with van der Waals surface area (Å²) in [6.45, 7) is 3.06. The molecule has 0 aromatic heterocycles. The number of allylic oxidation sites excluding steroid dienone is 1. The predicted octanol–water partition coefficient (Wildman–Crippen LogP) is 2.71. The molecule has 0 saturated heterocycles. The van der Waals surface area contributed by atoms with Crippen LogP contribution in [0.3, 0.4) is 0 Å². The van der Waals surface area contributed by atoms with Crippen LogP contribution in [0.2, 0.25) is 0 Å². The molecule has 1 aliphatic carbocycles. The average Bonchev–Trinajstić information content (AvgIpc) is 2.99. The third-order valence-electron chi connectivity index (χ3n) is 2.75. The molecule has 0 radical (unpaired) electrons. The van der Waals surface area contributed by atoms with Gasteiger partial charge in [0.15, 0.2) is 0 Å². The van der Waals surface area contributed by atoms with Crippen molar-refractivity contribution in [3.8, 4) is 0 Å². The Hall–Kier alpha value is -1.08. The van der Waals surface area contributed by atoms with Crippen LogP contribution in [0.1, 0.15) is 24.8 Å². The Morgan fingerprint density at radius 2 is 2.14 bits per heavy atom. The lowest BCUT2D eigenvalue weighted by molar-refractivity contribution is 0.732. The summed E-state index contributed by atoms with van der Waals surface area (Å²) in [4.78, 5) is 0. The van der Waals surface area contributed by atoms with Crippen molar-refractivity contribution in [1.82, 2.24) is 5.32 Å². The molecule has 1 heteroatoms. The van der Waals surface area contributed by atoms with Gasteiger partial charge in [0.1, 0.15) is 0 Å². The Balaban J connectivity index is 1.82. The van der Waals surface area contributed by atoms with Gasteiger partial charge in [0, 0.05) is 18.5 Å². The average molecular weight is 187 g/mol. The van der Waals surface area contributed by atoms with Crippen LogP contribution in [0.4, 0.5) is 0 Å². The maximum atomic E-state index is 3.52. The van der Waals surface area contributed by atoms with E-state index in [0.29, 0.717) is 6.04 Å². The summed E-state index contributed by atoms with van der Waals surface area (Å²) in [7, 11) is 0. The van der Waals surface area contributed by atoms with Crippen LogP contribution in [-0.2, 0) is 0 Å². The highest BCUT2D eigenvalue weighted by Gasteiger charge is 2.37. The fraction of sp³-hybridized carbons (Fsp3) is 0.385. The standard InChI is InChI=1S/C13H17N/c1-2-3-9-14-13-10-12(13)11-7-5-4-6-8-11/h2-8,12-14H,9-10H2,1H3/b3-2+. The number of benzene rings is 1. The van der Waals surface area contributed by atoms with E-state index in [1.54, 1.807) is 0 Å². The summed E-state index contributed by atoms with van der Waals surface area (Å²) in [5.41, 5.74) is 1.48. The van der Waals surface area contributed by atoms with Gasteiger partial charge in [-0.3, -0.25) is 0 Å². The topological polar surface area (TPSA) is 12.0 Å². The van der Waals surface area contributed by atoms with Crippen molar-refractivity contribution in [3.05, 3.63) is 48.0 Å². The molecule has 1 nitrogen and oxygen atoms in total. The molecule has 0 aliphatic heterocycles. The minimum atomic E-state index is 0.702. The van der Waals surface area contributed by atoms with Crippen molar-refractivity contribution in [1.29, 1.82) is 0 Å². The van der Waals surface area contributed by atoms with Gasteiger partial charge in [-0.1, -0.05) is 42.5 Å². The fourth-order valence-corrected chi connectivity index (χ4v) is 1.83. The van der Waals surface area contributed by atoms with Crippen molar-refractivity contribution >= 4 is 0 Å². The Bertz CT molecular complexity index is 302. The normalized spacial score (nSPS) is 25.5. The molecule has 1 aromatic rings. The van der Waals surface area contributed by atoms with Gasteiger partial charge in [0.2, 0.25) is 0 Å². The first-order valence-electron chi connectivity index (χ1n) is 5.31. The number of hydrogen-bond donors (Lipinski definition) is 1. The number of rotatable bonds is 4. The molecule has 0 heterocycles. The molecule has 14 heavy (non-hydrogen) atoms. The van der Waals surface area contributed by atoms with Crippen molar-refractivity contribution in [2.45, 2.75) is 25.3 Å². The van der Waals surface area contributed by atoms with Crippen molar-refractivity contribution in [3.63, 3.8) is 0 Å². The lowest BCUT2D eigenvalue weighted by atomic mass is 10.1. The van der Waals surface area contributed by atoms with Gasteiger partial charge < -0.3 is 5.32 Å². The molecule has 1 saturated carbocycles. The summed E-state index contributed by atoms with van der Waals surface area (Å²) >= 11 is 0. The summed E-state index contributed by atoms with van der Waals surface area (Å²) < 4.78 is 0. The van der Waals surface area contributed by atoms with Crippen LogP contribution < -0.4 is 5.32 Å². The molecule has 0 amide bonds. The van der Waals surface area contributed by atoms with Crippen LogP contribution in [0.5, 0.6) is 0 Å². The minimum Gasteiger partial charge on any atom is -0.310 e. The molecule has 1 aromatic carbocycles. The molecular formula is C13H17N. The zero-order valence-electron chi connectivity index (χ0n) is 8.61. The molecule has 1 aliphatic rings. The second-order valence-electron chi connectivity index (χ2n) is 3.84. The van der Waals surface area contributed by atoms with E-state index in [2.05, 4.69) is 54.7 Å². The second-order valence-corrected chi connectivity index (χ2v) is 3.84. The summed E-state index contributed by atoms with van der Waals surface area (Å²) in [6, 6.07) is 11.5. The van der Waals surface area contributed by atoms with Crippen LogP contribution in [-0.4, -0.2) is 12.6 Å². The Morgan fingerprint density at radius 1 is 1.36 bits per heavy atom. The van der Waals surface area contributed by atoms with Crippen LogP contribution in [0.25, 0.3) is 0 Å². The van der Waals surface area contributed by atoms with Gasteiger partial charge >= 0.3 is 0 Å². The molecule has 0 spiro atoms. The SMILES string of the molecule is C/C=C/CNC1CC1c1ccccc1. The molecule has 2 atom stereocenters. The van der Waals surface area contributed by atoms with E-state index < -0.39 is 0 Å². The van der Waals surface area contributed by atoms with Gasteiger partial charge in [0.05, 0.1) is 0 Å². The minimum absolute atomic E-state index is 0.702. The van der Waals surface area contributed by atoms with Gasteiger partial charge in [-0.15, -0.1) is 0 Å². The number of hydrogen-bond acceptors (Lipinski definition) is 1. The maximum absolute atomic E-state index is 3.52.